The Bertz CT molecular complexity index is 902. The molecule has 0 bridgehead atoms. The molecule has 0 aliphatic carbocycles. The van der Waals surface area contributed by atoms with Gasteiger partial charge in [-0.1, -0.05) is 115 Å². The van der Waals surface area contributed by atoms with Crippen molar-refractivity contribution in [2.24, 2.45) is 0 Å². The van der Waals surface area contributed by atoms with Crippen LogP contribution in [0.25, 0.3) is 11.1 Å². The molecular formula is C42H74N2O2+2. The second kappa shape index (κ2) is 24.2. The molecule has 46 heavy (non-hydrogen) atoms. The number of ether oxygens (including phenoxy) is 2. The van der Waals surface area contributed by atoms with Crippen molar-refractivity contribution >= 4 is 0 Å². The molecule has 0 aromatic heterocycles. The summed E-state index contributed by atoms with van der Waals surface area (Å²) in [6.07, 6.45) is 24.4. The fourth-order valence-electron chi connectivity index (χ4n) is 6.42. The second-order valence-corrected chi connectivity index (χ2v) is 15.2. The van der Waals surface area contributed by atoms with Crippen LogP contribution in [-0.4, -0.2) is 76.5 Å². The van der Waals surface area contributed by atoms with Crippen molar-refractivity contribution < 1.29 is 18.4 Å². The van der Waals surface area contributed by atoms with E-state index in [2.05, 4.69) is 90.6 Å². The van der Waals surface area contributed by atoms with E-state index in [1.54, 1.807) is 0 Å². The molecule has 0 radical (unpaired) electrons. The van der Waals surface area contributed by atoms with E-state index in [-0.39, 0.29) is 0 Å². The first-order chi connectivity index (χ1) is 22.2. The van der Waals surface area contributed by atoms with Gasteiger partial charge in [-0.25, -0.2) is 0 Å². The van der Waals surface area contributed by atoms with Gasteiger partial charge in [0.15, 0.2) is 0 Å². The summed E-state index contributed by atoms with van der Waals surface area (Å²) in [5.41, 5.74) is 2.42. The lowest BCUT2D eigenvalue weighted by atomic mass is 10.1. The van der Waals surface area contributed by atoms with Crippen LogP contribution in [0.5, 0.6) is 11.5 Å². The summed E-state index contributed by atoms with van der Waals surface area (Å²) in [6.45, 7) is 11.0. The van der Waals surface area contributed by atoms with Crippen LogP contribution in [0.15, 0.2) is 48.5 Å². The topological polar surface area (TPSA) is 18.5 Å². The molecule has 0 aliphatic heterocycles. The van der Waals surface area contributed by atoms with E-state index in [0.717, 1.165) is 46.5 Å². The number of benzene rings is 2. The zero-order chi connectivity index (χ0) is 33.4. The Hall–Kier alpha value is -2.04. The minimum absolute atomic E-state index is 0.778. The van der Waals surface area contributed by atoms with Crippen LogP contribution in [0.2, 0.25) is 0 Å². The Morgan fingerprint density at radius 1 is 0.370 bits per heavy atom. The predicted molar refractivity (Wildman–Crippen MR) is 201 cm³/mol. The van der Waals surface area contributed by atoms with Crippen molar-refractivity contribution in [1.82, 2.24) is 0 Å². The van der Waals surface area contributed by atoms with E-state index < -0.39 is 0 Å². The average molecular weight is 639 g/mol. The van der Waals surface area contributed by atoms with E-state index in [1.807, 2.05) is 0 Å². The van der Waals surface area contributed by atoms with Crippen LogP contribution in [0, 0.1) is 0 Å². The Morgan fingerprint density at radius 2 is 0.652 bits per heavy atom. The predicted octanol–water partition coefficient (Wildman–Crippen LogP) is 11.3. The van der Waals surface area contributed by atoms with Crippen molar-refractivity contribution in [3.63, 3.8) is 0 Å². The lowest BCUT2D eigenvalue weighted by Gasteiger charge is -2.30. The number of rotatable bonds is 29. The van der Waals surface area contributed by atoms with Crippen LogP contribution in [0.1, 0.15) is 129 Å². The minimum atomic E-state index is 0.778. The molecule has 4 nitrogen and oxygen atoms in total. The Balaban J connectivity index is 1.58. The van der Waals surface area contributed by atoms with Gasteiger partial charge in [-0.15, -0.1) is 0 Å². The first-order valence-corrected chi connectivity index (χ1v) is 19.3. The van der Waals surface area contributed by atoms with E-state index in [1.165, 1.54) is 140 Å². The van der Waals surface area contributed by atoms with Gasteiger partial charge in [0, 0.05) is 12.8 Å². The largest absolute Gasteiger partial charge is 0.493 e. The minimum Gasteiger partial charge on any atom is -0.493 e. The number of hydrogen-bond acceptors (Lipinski definition) is 2. The fraction of sp³-hybridized carbons (Fsp3) is 0.714. The smallest absolute Gasteiger partial charge is 0.119 e. The summed E-state index contributed by atoms with van der Waals surface area (Å²) in [5, 5.41) is 0. The van der Waals surface area contributed by atoms with Gasteiger partial charge >= 0.3 is 0 Å². The van der Waals surface area contributed by atoms with Crippen LogP contribution in [0.3, 0.4) is 0 Å². The highest BCUT2D eigenvalue weighted by atomic mass is 16.5. The maximum Gasteiger partial charge on any atom is 0.119 e. The zero-order valence-electron chi connectivity index (χ0n) is 31.3. The zero-order valence-corrected chi connectivity index (χ0v) is 31.3. The van der Waals surface area contributed by atoms with Crippen molar-refractivity contribution in [3.8, 4) is 22.6 Å². The van der Waals surface area contributed by atoms with Gasteiger partial charge in [0.05, 0.1) is 67.6 Å². The van der Waals surface area contributed by atoms with Crippen LogP contribution >= 0.6 is 0 Å². The number of quaternary nitrogens is 2. The molecular weight excluding hydrogens is 564 g/mol. The van der Waals surface area contributed by atoms with Gasteiger partial charge in [0.1, 0.15) is 11.5 Å². The first-order valence-electron chi connectivity index (χ1n) is 19.3. The molecule has 0 N–H and O–H groups in total. The van der Waals surface area contributed by atoms with Crippen molar-refractivity contribution in [1.29, 1.82) is 0 Å². The molecule has 0 unspecified atom stereocenters. The molecule has 0 saturated carbocycles. The van der Waals surface area contributed by atoms with Crippen molar-refractivity contribution in [3.05, 3.63) is 48.5 Å². The van der Waals surface area contributed by atoms with Gasteiger partial charge in [0.2, 0.25) is 0 Å². The summed E-state index contributed by atoms with van der Waals surface area (Å²) in [4.78, 5) is 0. The van der Waals surface area contributed by atoms with E-state index in [0.29, 0.717) is 0 Å². The molecule has 0 heterocycles. The maximum absolute atomic E-state index is 6.10. The number of unbranched alkanes of at least 4 members (excludes halogenated alkanes) is 14. The third-order valence-electron chi connectivity index (χ3n) is 9.63. The molecule has 0 atom stereocenters. The number of nitrogens with zero attached hydrogens (tertiary/aromatic N) is 2. The van der Waals surface area contributed by atoms with Gasteiger partial charge in [-0.05, 0) is 61.1 Å². The Morgan fingerprint density at radius 3 is 0.978 bits per heavy atom. The lowest BCUT2D eigenvalue weighted by Crippen LogP contribution is -2.41. The SMILES string of the molecule is CCCCCCCCCC[N+](C)(C)CCCOc1ccc(-c2ccc(OCCC[N+](C)(C)CCCCCCCCCC)cc2)cc1. The van der Waals surface area contributed by atoms with Gasteiger partial charge in [-0.2, -0.15) is 0 Å². The summed E-state index contributed by atoms with van der Waals surface area (Å²) in [7, 11) is 9.47. The molecule has 2 rings (SSSR count). The van der Waals surface area contributed by atoms with Crippen molar-refractivity contribution in [2.75, 3.05) is 67.6 Å². The normalized spacial score (nSPS) is 12.0. The molecule has 0 fully saturated rings. The Labute approximate surface area is 286 Å². The summed E-state index contributed by atoms with van der Waals surface area (Å²) in [5.74, 6) is 1.92. The Kier molecular flexibility index (Phi) is 21.1. The van der Waals surface area contributed by atoms with Crippen LogP contribution < -0.4 is 9.47 Å². The first kappa shape index (κ1) is 40.1. The molecule has 4 heteroatoms. The summed E-state index contributed by atoms with van der Waals surface area (Å²) < 4.78 is 14.4. The van der Waals surface area contributed by atoms with E-state index >= 15 is 0 Å². The highest BCUT2D eigenvalue weighted by molar-refractivity contribution is 5.64. The average Bonchev–Trinajstić information content (AvgIpc) is 3.04. The summed E-state index contributed by atoms with van der Waals surface area (Å²) in [6, 6.07) is 17.1. The van der Waals surface area contributed by atoms with Crippen LogP contribution in [0.4, 0.5) is 0 Å². The maximum atomic E-state index is 6.10. The molecule has 2 aromatic carbocycles. The standard InChI is InChI=1S/C42H74N2O2/c1-7-9-11-13-15-17-19-21-33-43(3,4)35-23-37-45-41-29-25-39(26-30-41)40-27-31-42(32-28-40)46-38-24-36-44(5,6)34-22-20-18-16-14-12-10-8-2/h25-32H,7-24,33-38H2,1-6H3/q+2. The molecule has 2 aromatic rings. The van der Waals surface area contributed by atoms with E-state index in [4.69, 9.17) is 9.47 Å². The van der Waals surface area contributed by atoms with Crippen LogP contribution in [-0.2, 0) is 0 Å². The molecule has 0 spiro atoms. The van der Waals surface area contributed by atoms with Gasteiger partial charge in [-0.3, -0.25) is 0 Å². The number of hydrogen-bond donors (Lipinski definition) is 0. The molecule has 0 aliphatic rings. The highest BCUT2D eigenvalue weighted by Gasteiger charge is 2.15. The van der Waals surface area contributed by atoms with Gasteiger partial charge < -0.3 is 18.4 Å². The summed E-state index contributed by atoms with van der Waals surface area (Å²) >= 11 is 0. The second-order valence-electron chi connectivity index (χ2n) is 15.2. The highest BCUT2D eigenvalue weighted by Crippen LogP contribution is 2.25. The third kappa shape index (κ3) is 19.6. The monoisotopic (exact) mass is 639 g/mol. The quantitative estimate of drug-likeness (QED) is 0.0652. The van der Waals surface area contributed by atoms with E-state index in [9.17, 15) is 0 Å². The van der Waals surface area contributed by atoms with Gasteiger partial charge in [0.25, 0.3) is 0 Å². The third-order valence-corrected chi connectivity index (χ3v) is 9.63. The van der Waals surface area contributed by atoms with Crippen molar-refractivity contribution in [2.45, 2.75) is 129 Å². The molecule has 0 amide bonds. The fourth-order valence-corrected chi connectivity index (χ4v) is 6.42. The lowest BCUT2D eigenvalue weighted by molar-refractivity contribution is -0.890. The molecule has 262 valence electrons. The molecule has 0 saturated heterocycles.